The van der Waals surface area contributed by atoms with Crippen LogP contribution in [-0.4, -0.2) is 57.1 Å². The van der Waals surface area contributed by atoms with Gasteiger partial charge in [-0.05, 0) is 59.6 Å². The molecule has 188 valence electrons. The van der Waals surface area contributed by atoms with Crippen molar-refractivity contribution in [3.63, 3.8) is 0 Å². The van der Waals surface area contributed by atoms with Crippen LogP contribution in [0.25, 0.3) is 0 Å². The second kappa shape index (κ2) is 9.87. The van der Waals surface area contributed by atoms with Crippen molar-refractivity contribution in [2.45, 2.75) is 71.9 Å². The Balaban J connectivity index is 1.82. The quantitative estimate of drug-likeness (QED) is 0.557. The van der Waals surface area contributed by atoms with Crippen molar-refractivity contribution in [2.75, 3.05) is 25.0 Å². The Bertz CT molecular complexity index is 1030. The molecule has 1 fully saturated rings. The highest BCUT2D eigenvalue weighted by Gasteiger charge is 2.39. The van der Waals surface area contributed by atoms with Gasteiger partial charge in [0.1, 0.15) is 11.4 Å². The van der Waals surface area contributed by atoms with Crippen molar-refractivity contribution in [3.05, 3.63) is 33.1 Å². The smallest absolute Gasteiger partial charge is 0.410 e. The number of carbonyl (C=O) groups is 2. The molecular formula is C24H35ClN4O4S. The minimum absolute atomic E-state index is 0.289. The van der Waals surface area contributed by atoms with E-state index in [0.29, 0.717) is 42.6 Å². The molecule has 8 nitrogen and oxygen atoms in total. The molecule has 3 heterocycles. The van der Waals surface area contributed by atoms with E-state index in [1.165, 1.54) is 16.0 Å². The lowest BCUT2D eigenvalue weighted by Gasteiger charge is -2.38. The van der Waals surface area contributed by atoms with Gasteiger partial charge in [0.2, 0.25) is 0 Å². The Morgan fingerprint density at radius 2 is 1.88 bits per heavy atom. The number of aliphatic hydroxyl groups excluding tert-OH is 1. The Kier molecular flexibility index (Phi) is 7.70. The minimum atomic E-state index is -0.979. The molecule has 1 amide bonds. The molecule has 0 unspecified atom stereocenters. The number of thiophene rings is 1. The first-order valence-corrected chi connectivity index (χ1v) is 12.7. The second-order valence-electron chi connectivity index (χ2n) is 10.8. The summed E-state index contributed by atoms with van der Waals surface area (Å²) >= 11 is 7.52. The molecular weight excluding hydrogens is 476 g/mol. The van der Waals surface area contributed by atoms with Gasteiger partial charge in [0.15, 0.2) is 0 Å². The molecule has 0 spiro atoms. The topological polar surface area (TPSA) is 96.7 Å². The SMILES string of the molecule is CC(C)(C)OC(=O)N1CCC(C)(c2cc(NCc3ccc(Cl)s3)n(C(=O)C(C)(C)CO)n2)CC1. The van der Waals surface area contributed by atoms with Gasteiger partial charge in [0, 0.05) is 29.4 Å². The highest BCUT2D eigenvalue weighted by Crippen LogP contribution is 2.37. The van der Waals surface area contributed by atoms with Gasteiger partial charge in [-0.1, -0.05) is 18.5 Å². The number of rotatable bonds is 6. The molecule has 0 saturated carbocycles. The number of carbonyl (C=O) groups excluding carboxylic acids is 2. The fraction of sp³-hybridized carbons (Fsp3) is 0.625. The summed E-state index contributed by atoms with van der Waals surface area (Å²) in [5.74, 6) is 0.282. The van der Waals surface area contributed by atoms with Crippen LogP contribution in [0.5, 0.6) is 0 Å². The molecule has 1 aliphatic heterocycles. The average molecular weight is 511 g/mol. The number of amides is 1. The van der Waals surface area contributed by atoms with Crippen molar-refractivity contribution in [1.29, 1.82) is 0 Å². The number of ether oxygens (including phenoxy) is 1. The first-order valence-electron chi connectivity index (χ1n) is 11.5. The molecule has 2 N–H and O–H groups in total. The van der Waals surface area contributed by atoms with Crippen LogP contribution in [0.3, 0.4) is 0 Å². The van der Waals surface area contributed by atoms with Crippen LogP contribution < -0.4 is 5.32 Å². The molecule has 0 atom stereocenters. The maximum Gasteiger partial charge on any atom is 0.410 e. The van der Waals surface area contributed by atoms with E-state index in [0.717, 1.165) is 10.6 Å². The third kappa shape index (κ3) is 6.12. The van der Waals surface area contributed by atoms with E-state index in [9.17, 15) is 14.7 Å². The number of aliphatic hydroxyl groups is 1. The van der Waals surface area contributed by atoms with Gasteiger partial charge in [-0.15, -0.1) is 11.3 Å². The summed E-state index contributed by atoms with van der Waals surface area (Å²) < 4.78 is 7.58. The molecule has 1 aliphatic rings. The van der Waals surface area contributed by atoms with Crippen LogP contribution in [0, 0.1) is 5.41 Å². The number of nitrogens with zero attached hydrogens (tertiary/aromatic N) is 3. The zero-order chi connectivity index (χ0) is 25.3. The lowest BCUT2D eigenvalue weighted by molar-refractivity contribution is 0.0170. The molecule has 0 radical (unpaired) electrons. The molecule has 3 rings (SSSR count). The van der Waals surface area contributed by atoms with E-state index in [1.54, 1.807) is 18.7 Å². The number of piperidine rings is 1. The van der Waals surface area contributed by atoms with E-state index in [1.807, 2.05) is 39.0 Å². The summed E-state index contributed by atoms with van der Waals surface area (Å²) in [6.07, 6.45) is 1.08. The number of nitrogens with one attached hydrogen (secondary N) is 1. The molecule has 34 heavy (non-hydrogen) atoms. The van der Waals surface area contributed by atoms with E-state index in [-0.39, 0.29) is 24.0 Å². The summed E-state index contributed by atoms with van der Waals surface area (Å²) in [6, 6.07) is 5.68. The largest absolute Gasteiger partial charge is 0.444 e. The third-order valence-corrected chi connectivity index (χ3v) is 7.32. The zero-order valence-electron chi connectivity index (χ0n) is 20.8. The van der Waals surface area contributed by atoms with Crippen molar-refractivity contribution < 1.29 is 19.4 Å². The predicted molar refractivity (Wildman–Crippen MR) is 135 cm³/mol. The Morgan fingerprint density at radius 3 is 2.41 bits per heavy atom. The van der Waals surface area contributed by atoms with Crippen LogP contribution in [-0.2, 0) is 16.7 Å². The van der Waals surface area contributed by atoms with Gasteiger partial charge >= 0.3 is 6.09 Å². The lowest BCUT2D eigenvalue weighted by atomic mass is 9.77. The zero-order valence-corrected chi connectivity index (χ0v) is 22.3. The maximum atomic E-state index is 13.2. The molecule has 1 saturated heterocycles. The molecule has 2 aromatic rings. The molecule has 0 bridgehead atoms. The van der Waals surface area contributed by atoms with Gasteiger partial charge < -0.3 is 20.1 Å². The predicted octanol–water partition coefficient (Wildman–Crippen LogP) is 5.16. The van der Waals surface area contributed by atoms with E-state index in [4.69, 9.17) is 21.4 Å². The van der Waals surface area contributed by atoms with Crippen LogP contribution in [0.4, 0.5) is 10.6 Å². The van der Waals surface area contributed by atoms with Crippen molar-refractivity contribution in [1.82, 2.24) is 14.7 Å². The Labute approximate surface area is 210 Å². The van der Waals surface area contributed by atoms with Crippen molar-refractivity contribution in [3.8, 4) is 0 Å². The fourth-order valence-electron chi connectivity index (χ4n) is 3.70. The Hall–Kier alpha value is -2.10. The summed E-state index contributed by atoms with van der Waals surface area (Å²) in [6.45, 7) is 12.4. The average Bonchev–Trinajstić information content (AvgIpc) is 3.37. The minimum Gasteiger partial charge on any atom is -0.444 e. The number of likely N-dealkylation sites (tertiary alicyclic amines) is 1. The summed E-state index contributed by atoms with van der Waals surface area (Å²) in [4.78, 5) is 28.5. The maximum absolute atomic E-state index is 13.2. The highest BCUT2D eigenvalue weighted by molar-refractivity contribution is 7.16. The standard InChI is InChI=1S/C24H35ClN4O4S/c1-22(2,3)33-21(32)28-11-9-24(6,10-12-28)17-13-19(26-14-16-7-8-18(25)34-16)29(27-17)20(31)23(4,5)15-30/h7-8,13,26,30H,9-12,14-15H2,1-6H3. The van der Waals surface area contributed by atoms with E-state index < -0.39 is 11.0 Å². The van der Waals surface area contributed by atoms with Crippen molar-refractivity contribution >= 4 is 40.8 Å². The number of hydrogen-bond donors (Lipinski definition) is 2. The van der Waals surface area contributed by atoms with Crippen molar-refractivity contribution in [2.24, 2.45) is 5.41 Å². The molecule has 10 heteroatoms. The third-order valence-electron chi connectivity index (χ3n) is 6.09. The van der Waals surface area contributed by atoms with Gasteiger partial charge in [-0.3, -0.25) is 4.79 Å². The highest BCUT2D eigenvalue weighted by atomic mass is 35.5. The molecule has 0 aliphatic carbocycles. The summed E-state index contributed by atoms with van der Waals surface area (Å²) in [5.41, 5.74) is -1.04. The van der Waals surface area contributed by atoms with E-state index >= 15 is 0 Å². The molecule has 2 aromatic heterocycles. The van der Waals surface area contributed by atoms with Gasteiger partial charge in [0.25, 0.3) is 5.91 Å². The number of aromatic nitrogens is 2. The van der Waals surface area contributed by atoms with E-state index in [2.05, 4.69) is 12.2 Å². The van der Waals surface area contributed by atoms with Gasteiger partial charge in [0.05, 0.1) is 28.6 Å². The number of hydrogen-bond acceptors (Lipinski definition) is 7. The van der Waals surface area contributed by atoms with Crippen LogP contribution in [0.15, 0.2) is 18.2 Å². The monoisotopic (exact) mass is 510 g/mol. The van der Waals surface area contributed by atoms with Crippen LogP contribution in [0.1, 0.15) is 69.7 Å². The van der Waals surface area contributed by atoms with Crippen LogP contribution >= 0.6 is 22.9 Å². The number of anilines is 1. The number of halogens is 1. The normalized spacial score (nSPS) is 16.4. The molecule has 0 aromatic carbocycles. The lowest BCUT2D eigenvalue weighted by Crippen LogP contribution is -2.46. The Morgan fingerprint density at radius 1 is 1.24 bits per heavy atom. The second-order valence-corrected chi connectivity index (χ2v) is 12.6. The summed E-state index contributed by atoms with van der Waals surface area (Å²) in [7, 11) is 0. The first-order chi connectivity index (χ1) is 15.7. The van der Waals surface area contributed by atoms with Gasteiger partial charge in [-0.25, -0.2) is 4.79 Å². The first kappa shape index (κ1) is 26.5. The fourth-order valence-corrected chi connectivity index (χ4v) is 4.73. The van der Waals surface area contributed by atoms with Gasteiger partial charge in [-0.2, -0.15) is 9.78 Å². The van der Waals surface area contributed by atoms with Crippen LogP contribution in [0.2, 0.25) is 4.34 Å². The summed E-state index contributed by atoms with van der Waals surface area (Å²) in [5, 5.41) is 17.8.